The zero-order valence-corrected chi connectivity index (χ0v) is 16.6. The summed E-state index contributed by atoms with van der Waals surface area (Å²) in [4.78, 5) is 20.3. The normalized spacial score (nSPS) is 14.8. The van der Waals surface area contributed by atoms with Crippen molar-refractivity contribution in [1.82, 2.24) is 24.6 Å². The third kappa shape index (κ3) is 3.52. The third-order valence-corrected chi connectivity index (χ3v) is 6.51. The fourth-order valence-corrected chi connectivity index (χ4v) is 4.96. The van der Waals surface area contributed by atoms with E-state index in [1.54, 1.807) is 6.20 Å². The molecule has 0 atom stereocenters. The molecule has 0 aliphatic carbocycles. The van der Waals surface area contributed by atoms with E-state index in [9.17, 15) is 4.79 Å². The molecule has 10 heteroatoms. The maximum Gasteiger partial charge on any atom is 0.233 e. The zero-order valence-electron chi connectivity index (χ0n) is 14.9. The number of nitrogens with zero attached hydrogens (tertiary/aromatic N) is 5. The predicted molar refractivity (Wildman–Crippen MR) is 107 cm³/mol. The van der Waals surface area contributed by atoms with Crippen LogP contribution in [-0.4, -0.2) is 62.6 Å². The molecule has 0 bridgehead atoms. The number of hydrogen-bond donors (Lipinski definition) is 1. The van der Waals surface area contributed by atoms with E-state index in [1.165, 1.54) is 23.1 Å². The molecule has 2 N–H and O–H groups in total. The predicted octanol–water partition coefficient (Wildman–Crippen LogP) is 2.11. The number of aromatic nitrogens is 4. The van der Waals surface area contributed by atoms with Gasteiger partial charge in [-0.25, -0.2) is 4.98 Å². The van der Waals surface area contributed by atoms with E-state index in [0.29, 0.717) is 44.3 Å². The lowest BCUT2D eigenvalue weighted by molar-refractivity contribution is -0.132. The molecule has 0 radical (unpaired) electrons. The lowest BCUT2D eigenvalue weighted by Crippen LogP contribution is -2.41. The van der Waals surface area contributed by atoms with Gasteiger partial charge in [0.1, 0.15) is 4.83 Å². The first-order chi connectivity index (χ1) is 13.2. The summed E-state index contributed by atoms with van der Waals surface area (Å²) in [7, 11) is 0. The largest absolute Gasteiger partial charge is 0.397 e. The van der Waals surface area contributed by atoms with Crippen LogP contribution in [0.2, 0.25) is 0 Å². The first-order valence-corrected chi connectivity index (χ1v) is 10.5. The van der Waals surface area contributed by atoms with Crippen molar-refractivity contribution >= 4 is 44.9 Å². The van der Waals surface area contributed by atoms with E-state index in [4.69, 9.17) is 10.5 Å². The maximum atomic E-state index is 12.4. The van der Waals surface area contributed by atoms with Gasteiger partial charge in [-0.05, 0) is 19.1 Å². The number of pyridine rings is 1. The minimum atomic E-state index is 0.0982. The number of rotatable bonds is 5. The number of anilines is 1. The molecule has 0 unspecified atom stereocenters. The van der Waals surface area contributed by atoms with Gasteiger partial charge in [-0.3, -0.25) is 4.79 Å². The average molecular weight is 405 g/mol. The Morgan fingerprint density at radius 2 is 2.19 bits per heavy atom. The third-order valence-electron chi connectivity index (χ3n) is 4.43. The molecule has 1 amide bonds. The van der Waals surface area contributed by atoms with Crippen LogP contribution in [0.3, 0.4) is 0 Å². The van der Waals surface area contributed by atoms with E-state index in [1.807, 2.05) is 28.5 Å². The number of thioether (sulfide) groups is 1. The van der Waals surface area contributed by atoms with Crippen molar-refractivity contribution in [3.05, 3.63) is 18.3 Å². The fraction of sp³-hybridized carbons (Fsp3) is 0.412. The first kappa shape index (κ1) is 18.2. The number of amides is 1. The summed E-state index contributed by atoms with van der Waals surface area (Å²) in [6.45, 7) is 5.22. The smallest absolute Gasteiger partial charge is 0.233 e. The van der Waals surface area contributed by atoms with Crippen molar-refractivity contribution in [2.45, 2.75) is 18.6 Å². The standard InChI is InChI=1S/C17H20N6O2S2/c1-2-23-15(14-13(18)11-4-3-5-19-16(11)27-14)20-21-17(23)26-10-12(24)22-6-8-25-9-7-22/h3-5H,2,6-10,18H2,1H3. The highest BCUT2D eigenvalue weighted by Gasteiger charge is 2.22. The van der Waals surface area contributed by atoms with Crippen molar-refractivity contribution < 1.29 is 9.53 Å². The highest BCUT2D eigenvalue weighted by atomic mass is 32.2. The van der Waals surface area contributed by atoms with E-state index < -0.39 is 0 Å². The Balaban J connectivity index is 1.56. The quantitative estimate of drug-likeness (QED) is 0.650. The Labute approximate surface area is 164 Å². The van der Waals surface area contributed by atoms with Gasteiger partial charge in [0.05, 0.1) is 29.5 Å². The van der Waals surface area contributed by atoms with Gasteiger partial charge in [0.2, 0.25) is 5.91 Å². The van der Waals surface area contributed by atoms with Crippen molar-refractivity contribution in [1.29, 1.82) is 0 Å². The van der Waals surface area contributed by atoms with Crippen molar-refractivity contribution in [2.24, 2.45) is 0 Å². The lowest BCUT2D eigenvalue weighted by Gasteiger charge is -2.26. The molecule has 1 aliphatic rings. The molecular weight excluding hydrogens is 384 g/mol. The molecule has 4 heterocycles. The second-order valence-electron chi connectivity index (χ2n) is 6.03. The number of nitrogens with two attached hydrogens (primary N) is 1. The summed E-state index contributed by atoms with van der Waals surface area (Å²) >= 11 is 2.92. The monoisotopic (exact) mass is 404 g/mol. The number of fused-ring (bicyclic) bond motifs is 1. The number of nitrogen functional groups attached to an aromatic ring is 1. The Kier molecular flexibility index (Phi) is 5.28. The summed E-state index contributed by atoms with van der Waals surface area (Å²) < 4.78 is 7.29. The maximum absolute atomic E-state index is 12.4. The molecule has 3 aromatic heterocycles. The van der Waals surface area contributed by atoms with Gasteiger partial charge in [0.15, 0.2) is 11.0 Å². The van der Waals surface area contributed by atoms with E-state index in [-0.39, 0.29) is 5.91 Å². The minimum absolute atomic E-state index is 0.0982. The number of carbonyl (C=O) groups excluding carboxylic acids is 1. The molecule has 1 fully saturated rings. The molecule has 4 rings (SSSR count). The van der Waals surface area contributed by atoms with Crippen LogP contribution in [0.1, 0.15) is 6.92 Å². The SMILES string of the molecule is CCn1c(SCC(=O)N2CCOCC2)nnc1-c1sc2ncccc2c1N. The van der Waals surface area contributed by atoms with Gasteiger partial charge in [-0.15, -0.1) is 21.5 Å². The highest BCUT2D eigenvalue weighted by Crippen LogP contribution is 2.39. The van der Waals surface area contributed by atoms with Gasteiger partial charge in [0, 0.05) is 31.2 Å². The van der Waals surface area contributed by atoms with Crippen molar-refractivity contribution in [3.8, 4) is 10.7 Å². The number of thiophene rings is 1. The number of ether oxygens (including phenoxy) is 1. The van der Waals surface area contributed by atoms with Crippen LogP contribution in [0.25, 0.3) is 20.9 Å². The van der Waals surface area contributed by atoms with Crippen molar-refractivity contribution in [3.63, 3.8) is 0 Å². The fourth-order valence-electron chi connectivity index (χ4n) is 3.00. The van der Waals surface area contributed by atoms with Crippen LogP contribution in [0, 0.1) is 0 Å². The van der Waals surface area contributed by atoms with Gasteiger partial charge in [-0.2, -0.15) is 0 Å². The second-order valence-corrected chi connectivity index (χ2v) is 7.97. The van der Waals surface area contributed by atoms with Crippen LogP contribution < -0.4 is 5.73 Å². The van der Waals surface area contributed by atoms with E-state index in [2.05, 4.69) is 15.2 Å². The highest BCUT2D eigenvalue weighted by molar-refractivity contribution is 7.99. The number of carbonyl (C=O) groups is 1. The molecule has 0 spiro atoms. The topological polar surface area (TPSA) is 99.2 Å². The van der Waals surface area contributed by atoms with Crippen LogP contribution in [0.15, 0.2) is 23.5 Å². The number of morpholine rings is 1. The van der Waals surface area contributed by atoms with Crippen LogP contribution in [0.5, 0.6) is 0 Å². The summed E-state index contributed by atoms with van der Waals surface area (Å²) in [6, 6.07) is 3.83. The summed E-state index contributed by atoms with van der Waals surface area (Å²) in [5.74, 6) is 1.15. The van der Waals surface area contributed by atoms with Gasteiger partial charge >= 0.3 is 0 Å². The van der Waals surface area contributed by atoms with Crippen LogP contribution >= 0.6 is 23.1 Å². The summed E-state index contributed by atoms with van der Waals surface area (Å²) in [5.41, 5.74) is 7.01. The van der Waals surface area contributed by atoms with Gasteiger partial charge in [0.25, 0.3) is 0 Å². The minimum Gasteiger partial charge on any atom is -0.397 e. The summed E-state index contributed by atoms with van der Waals surface area (Å²) in [6.07, 6.45) is 1.76. The first-order valence-electron chi connectivity index (χ1n) is 8.74. The zero-order chi connectivity index (χ0) is 18.8. The molecule has 0 saturated carbocycles. The van der Waals surface area contributed by atoms with Crippen LogP contribution in [0.4, 0.5) is 5.69 Å². The molecule has 8 nitrogen and oxygen atoms in total. The Hall–Kier alpha value is -2.17. The molecular formula is C17H20N6O2S2. The Bertz CT molecular complexity index is 964. The molecule has 27 heavy (non-hydrogen) atoms. The van der Waals surface area contributed by atoms with Gasteiger partial charge < -0.3 is 19.9 Å². The van der Waals surface area contributed by atoms with Crippen LogP contribution in [-0.2, 0) is 16.1 Å². The van der Waals surface area contributed by atoms with Crippen molar-refractivity contribution in [2.75, 3.05) is 37.8 Å². The number of hydrogen-bond acceptors (Lipinski definition) is 8. The molecule has 142 valence electrons. The molecule has 3 aromatic rings. The molecule has 1 aliphatic heterocycles. The van der Waals surface area contributed by atoms with E-state index >= 15 is 0 Å². The van der Waals surface area contributed by atoms with Gasteiger partial charge in [-0.1, -0.05) is 11.8 Å². The lowest BCUT2D eigenvalue weighted by atomic mass is 10.2. The average Bonchev–Trinajstić information content (AvgIpc) is 3.27. The Morgan fingerprint density at radius 1 is 1.37 bits per heavy atom. The molecule has 0 aromatic carbocycles. The Morgan fingerprint density at radius 3 is 2.93 bits per heavy atom. The van der Waals surface area contributed by atoms with E-state index in [0.717, 1.165) is 26.1 Å². The summed E-state index contributed by atoms with van der Waals surface area (Å²) in [5, 5.41) is 10.3. The second kappa shape index (κ2) is 7.83. The molecule has 1 saturated heterocycles.